The molecule has 26 heavy (non-hydrogen) atoms. The van der Waals surface area contributed by atoms with Crippen molar-refractivity contribution in [2.75, 3.05) is 5.32 Å². The minimum absolute atomic E-state index is 0.0650. The number of aromatic nitrogens is 4. The zero-order valence-corrected chi connectivity index (χ0v) is 15.1. The summed E-state index contributed by atoms with van der Waals surface area (Å²) < 4.78 is 1.75. The first-order valence-electron chi connectivity index (χ1n) is 8.44. The number of ketones is 1. The predicted octanol–water partition coefficient (Wildman–Crippen LogP) is 2.43. The Bertz CT molecular complexity index is 902. The molecule has 7 nitrogen and oxygen atoms in total. The van der Waals surface area contributed by atoms with E-state index in [2.05, 4.69) is 20.4 Å². The first kappa shape index (κ1) is 16.9. The number of aliphatic hydroxyl groups is 1. The highest BCUT2D eigenvalue weighted by Gasteiger charge is 2.36. The largest absolute Gasteiger partial charge is 0.393 e. The molecule has 2 N–H and O–H groups in total. The number of nitrogens with one attached hydrogen (secondary N) is 1. The molecule has 1 atom stereocenters. The summed E-state index contributed by atoms with van der Waals surface area (Å²) in [7, 11) is 1.87. The second-order valence-corrected chi connectivity index (χ2v) is 7.42. The van der Waals surface area contributed by atoms with E-state index in [1.165, 1.54) is 11.3 Å². The molecule has 3 aromatic heterocycles. The second kappa shape index (κ2) is 6.97. The Morgan fingerprint density at radius 3 is 2.88 bits per heavy atom. The summed E-state index contributed by atoms with van der Waals surface area (Å²) in [4.78, 5) is 21.3. The lowest BCUT2D eigenvalue weighted by atomic mass is 9.75. The summed E-state index contributed by atoms with van der Waals surface area (Å²) in [6.45, 7) is 0. The standard InChI is InChI=1S/C18H19N5O2S/c1-23-10-12(9-21-23)15(11-7-13(24)8-11)22-17-14(3-2-4-19-17)16(25)18-20-5-6-26-18/h2-6,9-11,13,15,24H,7-8H2,1H3,(H,19,22)/t11?,13?,15-/m0/s1. The number of anilines is 1. The van der Waals surface area contributed by atoms with Crippen LogP contribution in [-0.4, -0.2) is 36.7 Å². The molecule has 0 aliphatic heterocycles. The minimum atomic E-state index is -0.263. The van der Waals surface area contributed by atoms with Gasteiger partial charge < -0.3 is 10.4 Å². The van der Waals surface area contributed by atoms with Crippen molar-refractivity contribution in [1.82, 2.24) is 19.7 Å². The van der Waals surface area contributed by atoms with Gasteiger partial charge in [0.1, 0.15) is 5.82 Å². The molecular formula is C18H19N5O2S. The van der Waals surface area contributed by atoms with Gasteiger partial charge in [-0.1, -0.05) is 0 Å². The quantitative estimate of drug-likeness (QED) is 0.648. The molecule has 1 fully saturated rings. The number of hydrogen-bond donors (Lipinski definition) is 2. The number of rotatable bonds is 6. The SMILES string of the molecule is Cn1cc([C@@H](Nc2ncccc2C(=O)c2nccs2)C2CC(O)C2)cn1. The molecule has 134 valence electrons. The van der Waals surface area contributed by atoms with Crippen molar-refractivity contribution in [3.05, 3.63) is 58.4 Å². The molecule has 0 bridgehead atoms. The van der Waals surface area contributed by atoms with Gasteiger partial charge >= 0.3 is 0 Å². The fraction of sp³-hybridized carbons (Fsp3) is 0.333. The summed E-state index contributed by atoms with van der Waals surface area (Å²) in [5.41, 5.74) is 1.51. The van der Waals surface area contributed by atoms with Gasteiger partial charge in [0, 0.05) is 36.6 Å². The monoisotopic (exact) mass is 369 g/mol. The van der Waals surface area contributed by atoms with Crippen molar-refractivity contribution < 1.29 is 9.90 Å². The third kappa shape index (κ3) is 3.25. The van der Waals surface area contributed by atoms with Crippen molar-refractivity contribution in [1.29, 1.82) is 0 Å². The number of thiazole rings is 1. The lowest BCUT2D eigenvalue weighted by Gasteiger charge is -2.38. The Hall–Kier alpha value is -2.58. The average molecular weight is 369 g/mol. The minimum Gasteiger partial charge on any atom is -0.393 e. The molecule has 0 saturated heterocycles. The van der Waals surface area contributed by atoms with Crippen LogP contribution in [0.2, 0.25) is 0 Å². The molecule has 4 rings (SSSR count). The second-order valence-electron chi connectivity index (χ2n) is 6.52. The van der Waals surface area contributed by atoms with Gasteiger partial charge in [-0.15, -0.1) is 11.3 Å². The highest BCUT2D eigenvalue weighted by Crippen LogP contribution is 2.40. The highest BCUT2D eigenvalue weighted by molar-refractivity contribution is 7.11. The maximum Gasteiger partial charge on any atom is 0.225 e. The van der Waals surface area contributed by atoms with E-state index in [9.17, 15) is 9.90 Å². The number of nitrogens with zero attached hydrogens (tertiary/aromatic N) is 4. The van der Waals surface area contributed by atoms with E-state index in [0.29, 0.717) is 16.4 Å². The number of pyridine rings is 1. The fourth-order valence-corrected chi connectivity index (χ4v) is 3.87. The molecule has 3 heterocycles. The lowest BCUT2D eigenvalue weighted by Crippen LogP contribution is -2.36. The van der Waals surface area contributed by atoms with Gasteiger partial charge in [-0.25, -0.2) is 9.97 Å². The Labute approximate surface area is 154 Å². The third-order valence-corrected chi connectivity index (χ3v) is 5.45. The summed E-state index contributed by atoms with van der Waals surface area (Å²) in [5.74, 6) is 0.649. The van der Waals surface area contributed by atoms with E-state index in [-0.39, 0.29) is 23.8 Å². The maximum atomic E-state index is 12.8. The fourth-order valence-electron chi connectivity index (χ4n) is 3.28. The zero-order valence-electron chi connectivity index (χ0n) is 14.2. The van der Waals surface area contributed by atoms with E-state index < -0.39 is 0 Å². The number of carbonyl (C=O) groups excluding carboxylic acids is 1. The molecule has 0 unspecified atom stereocenters. The van der Waals surface area contributed by atoms with Crippen LogP contribution in [0.1, 0.15) is 39.8 Å². The first-order chi connectivity index (χ1) is 12.6. The van der Waals surface area contributed by atoms with Crippen LogP contribution >= 0.6 is 11.3 Å². The zero-order chi connectivity index (χ0) is 18.1. The molecule has 0 amide bonds. The molecule has 0 radical (unpaired) electrons. The van der Waals surface area contributed by atoms with Crippen LogP contribution in [0.3, 0.4) is 0 Å². The van der Waals surface area contributed by atoms with Gasteiger partial charge in [0.15, 0.2) is 5.01 Å². The predicted molar refractivity (Wildman–Crippen MR) is 98.1 cm³/mol. The molecule has 1 saturated carbocycles. The van der Waals surface area contributed by atoms with Gasteiger partial charge in [-0.05, 0) is 30.9 Å². The molecular weight excluding hydrogens is 350 g/mol. The summed E-state index contributed by atoms with van der Waals surface area (Å²) >= 11 is 1.31. The smallest absolute Gasteiger partial charge is 0.225 e. The van der Waals surface area contributed by atoms with E-state index in [1.54, 1.807) is 34.6 Å². The Kier molecular flexibility index (Phi) is 4.52. The number of carbonyl (C=O) groups is 1. The summed E-state index contributed by atoms with van der Waals surface area (Å²) in [6.07, 6.45) is 8.22. The van der Waals surface area contributed by atoms with Gasteiger partial charge in [0.05, 0.1) is 23.9 Å². The van der Waals surface area contributed by atoms with E-state index in [1.807, 2.05) is 19.4 Å². The van der Waals surface area contributed by atoms with Gasteiger partial charge in [0.2, 0.25) is 5.78 Å². The molecule has 3 aromatic rings. The van der Waals surface area contributed by atoms with E-state index in [0.717, 1.165) is 18.4 Å². The number of hydrogen-bond acceptors (Lipinski definition) is 7. The lowest BCUT2D eigenvalue weighted by molar-refractivity contribution is 0.0339. The molecule has 0 aromatic carbocycles. The third-order valence-electron chi connectivity index (χ3n) is 4.68. The van der Waals surface area contributed by atoms with Crippen LogP contribution in [0.4, 0.5) is 5.82 Å². The molecule has 1 aliphatic carbocycles. The van der Waals surface area contributed by atoms with Crippen molar-refractivity contribution in [3.8, 4) is 0 Å². The van der Waals surface area contributed by atoms with Crippen LogP contribution in [0.25, 0.3) is 0 Å². The Morgan fingerprint density at radius 1 is 1.38 bits per heavy atom. The van der Waals surface area contributed by atoms with Crippen LogP contribution in [-0.2, 0) is 7.05 Å². The van der Waals surface area contributed by atoms with Crippen molar-refractivity contribution >= 4 is 22.9 Å². The van der Waals surface area contributed by atoms with Crippen molar-refractivity contribution in [2.24, 2.45) is 13.0 Å². The topological polar surface area (TPSA) is 92.9 Å². The molecule has 1 aliphatic rings. The van der Waals surface area contributed by atoms with E-state index in [4.69, 9.17) is 0 Å². The maximum absolute atomic E-state index is 12.8. The van der Waals surface area contributed by atoms with Crippen LogP contribution < -0.4 is 5.32 Å². The van der Waals surface area contributed by atoms with Gasteiger partial charge in [-0.2, -0.15) is 5.10 Å². The summed E-state index contributed by atoms with van der Waals surface area (Å²) in [6, 6.07) is 3.44. The van der Waals surface area contributed by atoms with Crippen LogP contribution in [0, 0.1) is 5.92 Å². The van der Waals surface area contributed by atoms with Gasteiger partial charge in [-0.3, -0.25) is 9.48 Å². The van der Waals surface area contributed by atoms with Crippen molar-refractivity contribution in [3.63, 3.8) is 0 Å². The Balaban J connectivity index is 1.65. The normalized spacial score (nSPS) is 20.4. The average Bonchev–Trinajstić information content (AvgIpc) is 3.29. The number of aliphatic hydroxyl groups excluding tert-OH is 1. The first-order valence-corrected chi connectivity index (χ1v) is 9.32. The van der Waals surface area contributed by atoms with E-state index >= 15 is 0 Å². The summed E-state index contributed by atoms with van der Waals surface area (Å²) in [5, 5.41) is 19.6. The Morgan fingerprint density at radius 2 is 2.23 bits per heavy atom. The van der Waals surface area contributed by atoms with Crippen molar-refractivity contribution in [2.45, 2.75) is 25.0 Å². The van der Waals surface area contributed by atoms with Crippen LogP contribution in [0.5, 0.6) is 0 Å². The van der Waals surface area contributed by atoms with Gasteiger partial charge in [0.25, 0.3) is 0 Å². The molecule has 0 spiro atoms. The van der Waals surface area contributed by atoms with Crippen LogP contribution in [0.15, 0.2) is 42.3 Å². The molecule has 8 heteroatoms. The number of aryl methyl sites for hydroxylation is 1. The highest BCUT2D eigenvalue weighted by atomic mass is 32.1.